The first-order valence-corrected chi connectivity index (χ1v) is 6.09. The molecule has 0 fully saturated rings. The van der Waals surface area contributed by atoms with Crippen molar-refractivity contribution in [3.8, 4) is 0 Å². The zero-order valence-corrected chi connectivity index (χ0v) is 10.8. The lowest BCUT2D eigenvalue weighted by Crippen LogP contribution is -2.28. The summed E-state index contributed by atoms with van der Waals surface area (Å²) in [6.45, 7) is 5.63. The summed E-state index contributed by atoms with van der Waals surface area (Å²) in [4.78, 5) is 1.44. The average Bonchev–Trinajstić information content (AvgIpc) is 2.35. The van der Waals surface area contributed by atoms with Crippen molar-refractivity contribution in [3.05, 3.63) is 20.8 Å². The molecule has 13 heavy (non-hydrogen) atoms. The summed E-state index contributed by atoms with van der Waals surface area (Å²) >= 11 is 5.39. The van der Waals surface area contributed by atoms with E-state index in [-0.39, 0.29) is 0 Å². The molecule has 1 nitrogen and oxygen atoms in total. The van der Waals surface area contributed by atoms with Crippen LogP contribution in [0.3, 0.4) is 0 Å². The fourth-order valence-electron chi connectivity index (χ4n) is 1.43. The van der Waals surface area contributed by atoms with Crippen LogP contribution >= 0.6 is 27.3 Å². The van der Waals surface area contributed by atoms with E-state index in [0.29, 0.717) is 5.41 Å². The summed E-state index contributed by atoms with van der Waals surface area (Å²) in [6.07, 6.45) is 1.13. The van der Waals surface area contributed by atoms with Crippen molar-refractivity contribution in [1.29, 1.82) is 0 Å². The van der Waals surface area contributed by atoms with Gasteiger partial charge in [0.15, 0.2) is 0 Å². The van der Waals surface area contributed by atoms with Crippen molar-refractivity contribution in [1.82, 2.24) is 5.32 Å². The van der Waals surface area contributed by atoms with Gasteiger partial charge in [-0.1, -0.05) is 13.8 Å². The lowest BCUT2D eigenvalue weighted by atomic mass is 9.89. The number of nitrogens with one attached hydrogen (secondary N) is 1. The average molecular weight is 262 g/mol. The fourth-order valence-corrected chi connectivity index (χ4v) is 3.18. The van der Waals surface area contributed by atoms with Gasteiger partial charge < -0.3 is 5.32 Å². The van der Waals surface area contributed by atoms with Gasteiger partial charge in [0.1, 0.15) is 0 Å². The molecule has 1 aromatic rings. The second kappa shape index (κ2) is 4.58. The standard InChI is InChI=1S/C10H16BrNS/c1-10(2,7-12-3)6-9-8(11)4-5-13-9/h4-5,12H,6-7H2,1-3H3. The Morgan fingerprint density at radius 2 is 2.23 bits per heavy atom. The molecule has 0 aliphatic heterocycles. The zero-order chi connectivity index (χ0) is 9.90. The van der Waals surface area contributed by atoms with Crippen LogP contribution in [0.25, 0.3) is 0 Å². The van der Waals surface area contributed by atoms with Crippen LogP contribution in [0.1, 0.15) is 18.7 Å². The van der Waals surface area contributed by atoms with Gasteiger partial charge in [0.05, 0.1) is 0 Å². The fraction of sp³-hybridized carbons (Fsp3) is 0.600. The number of rotatable bonds is 4. The highest BCUT2D eigenvalue weighted by Gasteiger charge is 2.19. The van der Waals surface area contributed by atoms with E-state index in [1.54, 1.807) is 0 Å². The Morgan fingerprint density at radius 1 is 1.54 bits per heavy atom. The van der Waals surface area contributed by atoms with Crippen LogP contribution in [-0.2, 0) is 6.42 Å². The van der Waals surface area contributed by atoms with Gasteiger partial charge in [0.2, 0.25) is 0 Å². The lowest BCUT2D eigenvalue weighted by molar-refractivity contribution is 0.352. The first-order chi connectivity index (χ1) is 6.05. The number of halogens is 1. The molecule has 1 rings (SSSR count). The van der Waals surface area contributed by atoms with E-state index in [1.807, 2.05) is 18.4 Å². The molecule has 0 saturated heterocycles. The van der Waals surface area contributed by atoms with Crippen molar-refractivity contribution in [2.75, 3.05) is 13.6 Å². The largest absolute Gasteiger partial charge is 0.319 e. The number of hydrogen-bond donors (Lipinski definition) is 1. The molecule has 0 amide bonds. The van der Waals surface area contributed by atoms with Gasteiger partial charge in [-0.3, -0.25) is 0 Å². The molecule has 74 valence electrons. The minimum atomic E-state index is 0.335. The summed E-state index contributed by atoms with van der Waals surface area (Å²) in [6, 6.07) is 2.12. The maximum atomic E-state index is 3.56. The maximum Gasteiger partial charge on any atom is 0.0314 e. The third kappa shape index (κ3) is 3.41. The molecule has 0 spiro atoms. The highest BCUT2D eigenvalue weighted by Crippen LogP contribution is 2.30. The Balaban J connectivity index is 2.63. The van der Waals surface area contributed by atoms with Gasteiger partial charge in [-0.25, -0.2) is 0 Å². The van der Waals surface area contributed by atoms with Gasteiger partial charge in [-0.05, 0) is 46.3 Å². The molecule has 0 aliphatic rings. The predicted octanol–water partition coefficient (Wildman–Crippen LogP) is 3.30. The number of hydrogen-bond acceptors (Lipinski definition) is 2. The zero-order valence-electron chi connectivity index (χ0n) is 8.36. The molecular weight excluding hydrogens is 246 g/mol. The summed E-state index contributed by atoms with van der Waals surface area (Å²) in [5, 5.41) is 5.36. The van der Waals surface area contributed by atoms with Gasteiger partial charge in [0, 0.05) is 15.9 Å². The normalized spacial score (nSPS) is 12.0. The van der Waals surface area contributed by atoms with Gasteiger partial charge in [-0.15, -0.1) is 11.3 Å². The van der Waals surface area contributed by atoms with Crippen LogP contribution < -0.4 is 5.32 Å². The van der Waals surface area contributed by atoms with E-state index >= 15 is 0 Å². The SMILES string of the molecule is CNCC(C)(C)Cc1sccc1Br. The first kappa shape index (κ1) is 11.2. The van der Waals surface area contributed by atoms with E-state index in [4.69, 9.17) is 0 Å². The molecule has 0 atom stereocenters. The van der Waals surface area contributed by atoms with E-state index in [1.165, 1.54) is 9.35 Å². The van der Waals surface area contributed by atoms with Crippen LogP contribution in [0, 0.1) is 5.41 Å². The Hall–Kier alpha value is 0.140. The Bertz CT molecular complexity index is 268. The van der Waals surface area contributed by atoms with Crippen molar-refractivity contribution in [2.45, 2.75) is 20.3 Å². The van der Waals surface area contributed by atoms with Gasteiger partial charge in [-0.2, -0.15) is 0 Å². The third-order valence-corrected chi connectivity index (χ3v) is 3.91. The Kier molecular flexibility index (Phi) is 3.95. The minimum absolute atomic E-state index is 0.335. The molecule has 0 radical (unpaired) electrons. The minimum Gasteiger partial charge on any atom is -0.319 e. The predicted molar refractivity (Wildman–Crippen MR) is 63.4 cm³/mol. The van der Waals surface area contributed by atoms with E-state index < -0.39 is 0 Å². The van der Waals surface area contributed by atoms with E-state index in [9.17, 15) is 0 Å². The van der Waals surface area contributed by atoms with E-state index in [0.717, 1.165) is 13.0 Å². The molecule has 0 aliphatic carbocycles. The number of thiophene rings is 1. The van der Waals surface area contributed by atoms with Crippen molar-refractivity contribution < 1.29 is 0 Å². The topological polar surface area (TPSA) is 12.0 Å². The van der Waals surface area contributed by atoms with Crippen molar-refractivity contribution in [3.63, 3.8) is 0 Å². The molecule has 1 N–H and O–H groups in total. The lowest BCUT2D eigenvalue weighted by Gasteiger charge is -2.23. The first-order valence-electron chi connectivity index (χ1n) is 4.42. The van der Waals surface area contributed by atoms with Crippen molar-refractivity contribution >= 4 is 27.3 Å². The van der Waals surface area contributed by atoms with Gasteiger partial charge >= 0.3 is 0 Å². The molecule has 0 unspecified atom stereocenters. The summed E-state index contributed by atoms with van der Waals surface area (Å²) < 4.78 is 1.25. The molecule has 1 heterocycles. The van der Waals surface area contributed by atoms with Gasteiger partial charge in [0.25, 0.3) is 0 Å². The highest BCUT2D eigenvalue weighted by molar-refractivity contribution is 9.10. The summed E-state index contributed by atoms with van der Waals surface area (Å²) in [5.41, 5.74) is 0.335. The third-order valence-electron chi connectivity index (χ3n) is 1.99. The van der Waals surface area contributed by atoms with Crippen LogP contribution in [-0.4, -0.2) is 13.6 Å². The molecule has 0 bridgehead atoms. The van der Waals surface area contributed by atoms with Crippen LogP contribution in [0.15, 0.2) is 15.9 Å². The van der Waals surface area contributed by atoms with Crippen LogP contribution in [0.5, 0.6) is 0 Å². The second-order valence-corrected chi connectivity index (χ2v) is 5.92. The second-order valence-electron chi connectivity index (χ2n) is 4.06. The Morgan fingerprint density at radius 3 is 2.69 bits per heavy atom. The molecular formula is C10H16BrNS. The molecule has 3 heteroatoms. The maximum absolute atomic E-state index is 3.56. The highest BCUT2D eigenvalue weighted by atomic mass is 79.9. The molecule has 0 saturated carbocycles. The van der Waals surface area contributed by atoms with Crippen LogP contribution in [0.4, 0.5) is 0 Å². The smallest absolute Gasteiger partial charge is 0.0314 e. The monoisotopic (exact) mass is 261 g/mol. The van der Waals surface area contributed by atoms with E-state index in [2.05, 4.69) is 46.5 Å². The van der Waals surface area contributed by atoms with Crippen molar-refractivity contribution in [2.24, 2.45) is 5.41 Å². The molecule has 0 aromatic carbocycles. The molecule has 1 aromatic heterocycles. The summed E-state index contributed by atoms with van der Waals surface area (Å²) in [7, 11) is 2.01. The summed E-state index contributed by atoms with van der Waals surface area (Å²) in [5.74, 6) is 0. The Labute approximate surface area is 92.7 Å². The quantitative estimate of drug-likeness (QED) is 0.877. The van der Waals surface area contributed by atoms with Crippen LogP contribution in [0.2, 0.25) is 0 Å².